The number of amides is 1. The Hall–Kier alpha value is -2.60. The molecule has 0 fully saturated rings. The van der Waals surface area contributed by atoms with E-state index in [2.05, 4.69) is 28.5 Å². The van der Waals surface area contributed by atoms with E-state index in [0.717, 1.165) is 23.4 Å². The third kappa shape index (κ3) is 4.28. The summed E-state index contributed by atoms with van der Waals surface area (Å²) in [5.74, 6) is 0.221. The zero-order chi connectivity index (χ0) is 17.6. The summed E-state index contributed by atoms with van der Waals surface area (Å²) in [6.45, 7) is 4.13. The van der Waals surface area contributed by atoms with E-state index in [-0.39, 0.29) is 11.7 Å². The van der Waals surface area contributed by atoms with Crippen molar-refractivity contribution in [3.8, 4) is 5.69 Å². The highest BCUT2D eigenvalue weighted by Gasteiger charge is 2.11. The first-order chi connectivity index (χ1) is 12.2. The number of aryl methyl sites for hydroxylation is 2. The van der Waals surface area contributed by atoms with Gasteiger partial charge >= 0.3 is 0 Å². The molecular weight excluding hydrogens is 332 g/mol. The quantitative estimate of drug-likeness (QED) is 0.684. The lowest BCUT2D eigenvalue weighted by Crippen LogP contribution is -2.14. The van der Waals surface area contributed by atoms with Crippen molar-refractivity contribution in [1.82, 2.24) is 14.8 Å². The molecule has 1 amide bonds. The van der Waals surface area contributed by atoms with Crippen LogP contribution in [0.1, 0.15) is 18.1 Å². The van der Waals surface area contributed by atoms with Gasteiger partial charge in [-0.15, -0.1) is 10.2 Å². The first-order valence-electron chi connectivity index (χ1n) is 8.15. The third-order valence-corrected chi connectivity index (χ3v) is 4.79. The number of nitrogens with zero attached hydrogens (tertiary/aromatic N) is 3. The summed E-state index contributed by atoms with van der Waals surface area (Å²) in [6.07, 6.45) is 2.62. The fraction of sp³-hybridized carbons (Fsp3) is 0.211. The molecule has 6 heteroatoms. The van der Waals surface area contributed by atoms with Gasteiger partial charge in [0.25, 0.3) is 0 Å². The minimum absolute atomic E-state index is 0.0578. The highest BCUT2D eigenvalue weighted by Crippen LogP contribution is 2.22. The van der Waals surface area contributed by atoms with Crippen LogP contribution in [0, 0.1) is 6.92 Å². The number of para-hydroxylation sites is 1. The fourth-order valence-electron chi connectivity index (χ4n) is 2.52. The summed E-state index contributed by atoms with van der Waals surface area (Å²) in [5.41, 5.74) is 4.17. The number of carbonyl (C=O) groups excluding carboxylic acids is 1. The second-order valence-electron chi connectivity index (χ2n) is 5.66. The molecule has 0 spiro atoms. The first kappa shape index (κ1) is 17.2. The Morgan fingerprint density at radius 2 is 2.04 bits per heavy atom. The maximum atomic E-state index is 12.2. The van der Waals surface area contributed by atoms with Crippen LogP contribution in [0.4, 0.5) is 5.69 Å². The van der Waals surface area contributed by atoms with Crippen LogP contribution in [0.25, 0.3) is 5.69 Å². The minimum atomic E-state index is -0.0578. The molecule has 0 saturated carbocycles. The van der Waals surface area contributed by atoms with Crippen LogP contribution in [0.2, 0.25) is 0 Å². The molecule has 128 valence electrons. The zero-order valence-corrected chi connectivity index (χ0v) is 15.1. The third-order valence-electron chi connectivity index (χ3n) is 3.84. The minimum Gasteiger partial charge on any atom is -0.325 e. The van der Waals surface area contributed by atoms with Crippen molar-refractivity contribution in [3.63, 3.8) is 0 Å². The van der Waals surface area contributed by atoms with Crippen molar-refractivity contribution in [2.75, 3.05) is 11.1 Å². The van der Waals surface area contributed by atoms with Crippen LogP contribution in [0.15, 0.2) is 60.0 Å². The number of nitrogens with one attached hydrogen (secondary N) is 1. The molecular formula is C19H20N4OS. The average molecular weight is 352 g/mol. The Balaban J connectivity index is 1.65. The Morgan fingerprint density at radius 3 is 2.84 bits per heavy atom. The molecule has 0 aliphatic carbocycles. The van der Waals surface area contributed by atoms with E-state index in [9.17, 15) is 4.79 Å². The molecule has 25 heavy (non-hydrogen) atoms. The molecule has 3 aromatic rings. The number of rotatable bonds is 6. The molecule has 0 aliphatic heterocycles. The number of thioether (sulfide) groups is 1. The van der Waals surface area contributed by atoms with Gasteiger partial charge in [0.2, 0.25) is 5.91 Å². The van der Waals surface area contributed by atoms with Crippen LogP contribution in [0.5, 0.6) is 0 Å². The molecule has 1 aromatic heterocycles. The van der Waals surface area contributed by atoms with Gasteiger partial charge in [-0.1, -0.05) is 49.0 Å². The highest BCUT2D eigenvalue weighted by molar-refractivity contribution is 7.99. The van der Waals surface area contributed by atoms with Crippen molar-refractivity contribution >= 4 is 23.4 Å². The Labute approximate surface area is 151 Å². The Kier molecular flexibility index (Phi) is 5.50. The van der Waals surface area contributed by atoms with Gasteiger partial charge in [-0.25, -0.2) is 0 Å². The van der Waals surface area contributed by atoms with Gasteiger partial charge < -0.3 is 5.32 Å². The number of hydrogen-bond donors (Lipinski definition) is 1. The first-order valence-corrected chi connectivity index (χ1v) is 9.13. The predicted molar refractivity (Wildman–Crippen MR) is 101 cm³/mol. The number of hydrogen-bond acceptors (Lipinski definition) is 4. The van der Waals surface area contributed by atoms with E-state index in [1.807, 2.05) is 54.0 Å². The number of carbonyl (C=O) groups is 1. The van der Waals surface area contributed by atoms with E-state index in [1.165, 1.54) is 17.3 Å². The summed E-state index contributed by atoms with van der Waals surface area (Å²) in [6, 6.07) is 15.9. The Bertz CT molecular complexity index is 875. The van der Waals surface area contributed by atoms with E-state index in [1.54, 1.807) is 6.33 Å². The predicted octanol–water partition coefficient (Wildman–Crippen LogP) is 3.87. The maximum Gasteiger partial charge on any atom is 0.234 e. The van der Waals surface area contributed by atoms with Gasteiger partial charge in [0.15, 0.2) is 5.16 Å². The Morgan fingerprint density at radius 1 is 1.20 bits per heavy atom. The normalized spacial score (nSPS) is 10.6. The van der Waals surface area contributed by atoms with E-state index in [0.29, 0.717) is 5.16 Å². The standard InChI is InChI=1S/C19H20N4OS/c1-3-15-8-6-9-16(11-15)21-18(24)12-25-19-22-20-13-23(19)17-10-5-4-7-14(17)2/h4-11,13H,3,12H2,1-2H3,(H,21,24). The topological polar surface area (TPSA) is 59.8 Å². The molecule has 0 unspecified atom stereocenters. The van der Waals surface area contributed by atoms with Crippen LogP contribution in [-0.4, -0.2) is 26.4 Å². The summed E-state index contributed by atoms with van der Waals surface area (Å²) >= 11 is 1.37. The molecule has 5 nitrogen and oxygen atoms in total. The second kappa shape index (κ2) is 7.98. The lowest BCUT2D eigenvalue weighted by atomic mass is 10.1. The summed E-state index contributed by atoms with van der Waals surface area (Å²) in [4.78, 5) is 12.2. The van der Waals surface area contributed by atoms with Crippen molar-refractivity contribution < 1.29 is 4.79 Å². The van der Waals surface area contributed by atoms with Crippen molar-refractivity contribution in [2.24, 2.45) is 0 Å². The largest absolute Gasteiger partial charge is 0.325 e. The summed E-state index contributed by atoms with van der Waals surface area (Å²) in [7, 11) is 0. The molecule has 0 atom stereocenters. The molecule has 0 bridgehead atoms. The van der Waals surface area contributed by atoms with Crippen molar-refractivity contribution in [2.45, 2.75) is 25.4 Å². The maximum absolute atomic E-state index is 12.2. The van der Waals surface area contributed by atoms with Crippen LogP contribution < -0.4 is 5.32 Å². The fourth-order valence-corrected chi connectivity index (χ4v) is 3.24. The van der Waals surface area contributed by atoms with Gasteiger partial charge in [-0.2, -0.15) is 0 Å². The van der Waals surface area contributed by atoms with Crippen LogP contribution >= 0.6 is 11.8 Å². The molecule has 0 aliphatic rings. The highest BCUT2D eigenvalue weighted by atomic mass is 32.2. The van der Waals surface area contributed by atoms with Crippen molar-refractivity contribution in [3.05, 3.63) is 66.0 Å². The van der Waals surface area contributed by atoms with Crippen molar-refractivity contribution in [1.29, 1.82) is 0 Å². The SMILES string of the molecule is CCc1cccc(NC(=O)CSc2nncn2-c2ccccc2C)c1. The zero-order valence-electron chi connectivity index (χ0n) is 14.3. The molecule has 3 rings (SSSR count). The van der Waals surface area contributed by atoms with E-state index >= 15 is 0 Å². The molecule has 1 N–H and O–H groups in total. The second-order valence-corrected chi connectivity index (χ2v) is 6.60. The van der Waals surface area contributed by atoms with Gasteiger partial charge in [0.1, 0.15) is 6.33 Å². The lowest BCUT2D eigenvalue weighted by Gasteiger charge is -2.09. The smallest absolute Gasteiger partial charge is 0.234 e. The average Bonchev–Trinajstić information content (AvgIpc) is 3.09. The lowest BCUT2D eigenvalue weighted by molar-refractivity contribution is -0.113. The van der Waals surface area contributed by atoms with Gasteiger partial charge in [0.05, 0.1) is 11.4 Å². The molecule has 1 heterocycles. The van der Waals surface area contributed by atoms with E-state index in [4.69, 9.17) is 0 Å². The van der Waals surface area contributed by atoms with Gasteiger partial charge in [0, 0.05) is 5.69 Å². The van der Waals surface area contributed by atoms with Gasteiger partial charge in [-0.3, -0.25) is 9.36 Å². The monoisotopic (exact) mass is 352 g/mol. The summed E-state index contributed by atoms with van der Waals surface area (Å²) < 4.78 is 1.91. The summed E-state index contributed by atoms with van der Waals surface area (Å²) in [5, 5.41) is 11.8. The van der Waals surface area contributed by atoms with E-state index < -0.39 is 0 Å². The number of aromatic nitrogens is 3. The van der Waals surface area contributed by atoms with Crippen LogP contribution in [0.3, 0.4) is 0 Å². The van der Waals surface area contributed by atoms with Crippen LogP contribution in [-0.2, 0) is 11.2 Å². The number of anilines is 1. The molecule has 2 aromatic carbocycles. The molecule has 0 saturated heterocycles. The number of benzene rings is 2. The molecule has 0 radical (unpaired) electrons. The van der Waals surface area contributed by atoms with Gasteiger partial charge in [-0.05, 0) is 42.7 Å².